The Bertz CT molecular complexity index is 693. The van der Waals surface area contributed by atoms with Crippen molar-refractivity contribution in [2.75, 3.05) is 5.32 Å². The number of aromatic nitrogens is 6. The average Bonchev–Trinajstić information content (AvgIpc) is 2.95. The van der Waals surface area contributed by atoms with E-state index in [1.807, 2.05) is 43.3 Å². The van der Waals surface area contributed by atoms with Gasteiger partial charge in [0.2, 0.25) is 5.95 Å². The van der Waals surface area contributed by atoms with Crippen LogP contribution in [-0.2, 0) is 6.54 Å². The number of benzene rings is 1. The minimum absolute atomic E-state index is 0.450. The summed E-state index contributed by atoms with van der Waals surface area (Å²) in [7, 11) is 0. The molecule has 0 aliphatic heterocycles. The molecule has 0 aliphatic rings. The van der Waals surface area contributed by atoms with Gasteiger partial charge in [0.05, 0.1) is 12.2 Å². The van der Waals surface area contributed by atoms with Crippen LogP contribution < -0.4 is 5.32 Å². The van der Waals surface area contributed by atoms with Gasteiger partial charge in [-0.1, -0.05) is 18.2 Å². The zero-order valence-electron chi connectivity index (χ0n) is 10.9. The third kappa shape index (κ3) is 2.61. The highest BCUT2D eigenvalue weighted by molar-refractivity contribution is 5.31. The second-order valence-electron chi connectivity index (χ2n) is 4.22. The lowest BCUT2D eigenvalue weighted by atomic mass is 10.3. The predicted octanol–water partition coefficient (Wildman–Crippen LogP) is 1.37. The highest BCUT2D eigenvalue weighted by Crippen LogP contribution is 2.08. The van der Waals surface area contributed by atoms with Gasteiger partial charge in [-0.25, -0.2) is 9.97 Å². The molecule has 3 aromatic rings. The molecule has 1 N–H and O–H groups in total. The van der Waals surface area contributed by atoms with Crippen molar-refractivity contribution in [3.8, 4) is 5.69 Å². The number of nitrogens with zero attached hydrogens (tertiary/aromatic N) is 6. The molecule has 0 bridgehead atoms. The number of anilines is 1. The molecule has 7 nitrogen and oxygen atoms in total. The van der Waals surface area contributed by atoms with Gasteiger partial charge in [-0.2, -0.15) is 4.68 Å². The topological polar surface area (TPSA) is 81.4 Å². The first-order valence-corrected chi connectivity index (χ1v) is 6.19. The first kappa shape index (κ1) is 12.2. The number of nitrogens with one attached hydrogen (secondary N) is 1. The Balaban J connectivity index is 1.78. The maximum absolute atomic E-state index is 4.27. The van der Waals surface area contributed by atoms with E-state index in [9.17, 15) is 0 Å². The molecule has 20 heavy (non-hydrogen) atoms. The molecule has 0 radical (unpaired) electrons. The van der Waals surface area contributed by atoms with Crippen LogP contribution in [0.1, 0.15) is 11.5 Å². The average molecular weight is 267 g/mol. The van der Waals surface area contributed by atoms with Gasteiger partial charge in [0.1, 0.15) is 0 Å². The van der Waals surface area contributed by atoms with E-state index in [0.29, 0.717) is 18.3 Å². The maximum atomic E-state index is 4.27. The molecule has 0 amide bonds. The van der Waals surface area contributed by atoms with Crippen LogP contribution in [0.5, 0.6) is 0 Å². The van der Waals surface area contributed by atoms with Crippen LogP contribution in [0.25, 0.3) is 5.69 Å². The van der Waals surface area contributed by atoms with Crippen molar-refractivity contribution in [1.29, 1.82) is 0 Å². The lowest BCUT2D eigenvalue weighted by molar-refractivity contribution is 0.766. The zero-order valence-corrected chi connectivity index (χ0v) is 10.9. The highest BCUT2D eigenvalue weighted by atomic mass is 15.5. The van der Waals surface area contributed by atoms with E-state index in [2.05, 4.69) is 30.8 Å². The first-order chi connectivity index (χ1) is 9.83. The van der Waals surface area contributed by atoms with Gasteiger partial charge in [-0.15, -0.1) is 5.10 Å². The van der Waals surface area contributed by atoms with Crippen LogP contribution in [0.15, 0.2) is 42.6 Å². The molecule has 0 aliphatic carbocycles. The molecule has 0 saturated heterocycles. The van der Waals surface area contributed by atoms with Crippen molar-refractivity contribution < 1.29 is 0 Å². The van der Waals surface area contributed by atoms with Crippen LogP contribution in [0.4, 0.5) is 5.95 Å². The fourth-order valence-corrected chi connectivity index (χ4v) is 1.78. The summed E-state index contributed by atoms with van der Waals surface area (Å²) < 4.78 is 1.68. The summed E-state index contributed by atoms with van der Waals surface area (Å²) in [5.74, 6) is 1.26. The largest absolute Gasteiger partial charge is 0.347 e. The van der Waals surface area contributed by atoms with E-state index in [-0.39, 0.29) is 0 Å². The quantitative estimate of drug-likeness (QED) is 0.769. The van der Waals surface area contributed by atoms with Crippen LogP contribution in [-0.4, -0.2) is 30.2 Å². The van der Waals surface area contributed by atoms with E-state index >= 15 is 0 Å². The van der Waals surface area contributed by atoms with Crippen LogP contribution in [0, 0.1) is 6.92 Å². The van der Waals surface area contributed by atoms with Crippen molar-refractivity contribution in [2.45, 2.75) is 13.5 Å². The number of hydrogen-bond acceptors (Lipinski definition) is 6. The lowest BCUT2D eigenvalue weighted by Gasteiger charge is -2.06. The summed E-state index contributed by atoms with van der Waals surface area (Å²) in [5, 5.41) is 14.8. The maximum Gasteiger partial charge on any atom is 0.223 e. The van der Waals surface area contributed by atoms with Gasteiger partial charge in [0.15, 0.2) is 5.82 Å². The summed E-state index contributed by atoms with van der Waals surface area (Å²) in [6.45, 7) is 2.37. The van der Waals surface area contributed by atoms with Crippen LogP contribution in [0.3, 0.4) is 0 Å². The second kappa shape index (κ2) is 5.43. The molecular weight excluding hydrogens is 254 g/mol. The Morgan fingerprint density at radius 2 is 2.00 bits per heavy atom. The van der Waals surface area contributed by atoms with Crippen molar-refractivity contribution in [1.82, 2.24) is 30.2 Å². The molecular formula is C13H13N7. The van der Waals surface area contributed by atoms with Gasteiger partial charge >= 0.3 is 0 Å². The SMILES string of the molecule is Cc1ccnc(NCc2nnnn2-c2ccccc2)n1. The standard InChI is InChI=1S/C13H13N7/c1-10-7-8-14-13(16-10)15-9-12-17-18-19-20(12)11-5-3-2-4-6-11/h2-8H,9H2,1H3,(H,14,15,16). The fraction of sp³-hybridized carbons (Fsp3) is 0.154. The van der Waals surface area contributed by atoms with Crippen molar-refractivity contribution in [3.05, 3.63) is 54.1 Å². The van der Waals surface area contributed by atoms with E-state index < -0.39 is 0 Å². The number of hydrogen-bond donors (Lipinski definition) is 1. The summed E-state index contributed by atoms with van der Waals surface area (Å²) in [4.78, 5) is 8.42. The highest BCUT2D eigenvalue weighted by Gasteiger charge is 2.08. The minimum Gasteiger partial charge on any atom is -0.347 e. The molecule has 0 unspecified atom stereocenters. The Labute approximate surface area is 115 Å². The minimum atomic E-state index is 0.450. The van der Waals surface area contributed by atoms with Crippen LogP contribution in [0.2, 0.25) is 0 Å². The molecule has 0 spiro atoms. The van der Waals surface area contributed by atoms with Gasteiger partial charge in [-0.05, 0) is 35.5 Å². The lowest BCUT2D eigenvalue weighted by Crippen LogP contribution is -2.10. The van der Waals surface area contributed by atoms with Gasteiger partial charge in [0, 0.05) is 11.9 Å². The summed E-state index contributed by atoms with van der Waals surface area (Å²) in [6.07, 6.45) is 1.71. The van der Waals surface area contributed by atoms with E-state index in [1.165, 1.54) is 0 Å². The molecule has 0 atom stereocenters. The monoisotopic (exact) mass is 267 g/mol. The van der Waals surface area contributed by atoms with Gasteiger partial charge < -0.3 is 5.32 Å². The summed E-state index contributed by atoms with van der Waals surface area (Å²) in [5.41, 5.74) is 1.82. The van der Waals surface area contributed by atoms with Crippen molar-refractivity contribution in [2.24, 2.45) is 0 Å². The predicted molar refractivity (Wildman–Crippen MR) is 73.2 cm³/mol. The summed E-state index contributed by atoms with van der Waals surface area (Å²) >= 11 is 0. The number of aryl methyl sites for hydroxylation is 1. The van der Waals surface area contributed by atoms with E-state index in [0.717, 1.165) is 11.4 Å². The number of tetrazole rings is 1. The smallest absolute Gasteiger partial charge is 0.223 e. The summed E-state index contributed by atoms with van der Waals surface area (Å²) in [6, 6.07) is 11.6. The van der Waals surface area contributed by atoms with Crippen molar-refractivity contribution >= 4 is 5.95 Å². The first-order valence-electron chi connectivity index (χ1n) is 6.19. The molecule has 0 saturated carbocycles. The molecule has 2 aromatic heterocycles. The third-order valence-electron chi connectivity index (χ3n) is 2.73. The van der Waals surface area contributed by atoms with E-state index in [4.69, 9.17) is 0 Å². The second-order valence-corrected chi connectivity index (χ2v) is 4.22. The molecule has 1 aromatic carbocycles. The van der Waals surface area contributed by atoms with Crippen LogP contribution >= 0.6 is 0 Å². The Hall–Kier alpha value is -2.83. The number of para-hydroxylation sites is 1. The Morgan fingerprint density at radius 3 is 2.80 bits per heavy atom. The Morgan fingerprint density at radius 1 is 1.15 bits per heavy atom. The third-order valence-corrected chi connectivity index (χ3v) is 2.73. The number of rotatable bonds is 4. The molecule has 0 fully saturated rings. The molecule has 3 rings (SSSR count). The molecule has 2 heterocycles. The molecule has 7 heteroatoms. The van der Waals surface area contributed by atoms with Gasteiger partial charge in [0.25, 0.3) is 0 Å². The zero-order chi connectivity index (χ0) is 13.8. The molecule has 100 valence electrons. The van der Waals surface area contributed by atoms with Crippen molar-refractivity contribution in [3.63, 3.8) is 0 Å². The van der Waals surface area contributed by atoms with E-state index in [1.54, 1.807) is 10.9 Å². The Kier molecular flexibility index (Phi) is 3.32. The fourth-order valence-electron chi connectivity index (χ4n) is 1.78. The normalized spacial score (nSPS) is 10.4. The van der Waals surface area contributed by atoms with Gasteiger partial charge in [-0.3, -0.25) is 0 Å².